The molecule has 200 valence electrons. The van der Waals surface area contributed by atoms with Crippen molar-refractivity contribution in [2.75, 3.05) is 46.7 Å². The SMILES string of the molecule is COc1ccc([C@@]23CC[C@@H](NC(=O)Nc4ccc(F)c(F)c4)C[C@@H]2N(C(=O)CN(C)C)CC3)cc1OC. The van der Waals surface area contributed by atoms with Crippen LogP contribution in [0.15, 0.2) is 36.4 Å². The summed E-state index contributed by atoms with van der Waals surface area (Å²) in [6, 6.07) is 8.32. The molecule has 4 rings (SSSR count). The molecule has 3 atom stereocenters. The predicted molar refractivity (Wildman–Crippen MR) is 136 cm³/mol. The summed E-state index contributed by atoms with van der Waals surface area (Å²) >= 11 is 0. The van der Waals surface area contributed by atoms with E-state index in [2.05, 4.69) is 10.6 Å². The van der Waals surface area contributed by atoms with Gasteiger partial charge in [-0.1, -0.05) is 6.07 Å². The van der Waals surface area contributed by atoms with Crippen molar-refractivity contribution < 1.29 is 27.8 Å². The maximum Gasteiger partial charge on any atom is 0.319 e. The molecule has 2 aromatic carbocycles. The number of amides is 3. The molecule has 1 heterocycles. The Morgan fingerprint density at radius 3 is 2.49 bits per heavy atom. The summed E-state index contributed by atoms with van der Waals surface area (Å²) in [6.07, 6.45) is 2.83. The Balaban J connectivity index is 1.56. The third-order valence-corrected chi connectivity index (χ3v) is 7.50. The van der Waals surface area contributed by atoms with E-state index in [1.165, 1.54) is 6.07 Å². The first-order valence-corrected chi connectivity index (χ1v) is 12.4. The normalized spacial score (nSPS) is 22.9. The monoisotopic (exact) mass is 516 g/mol. The highest BCUT2D eigenvalue weighted by atomic mass is 19.2. The van der Waals surface area contributed by atoms with E-state index in [4.69, 9.17) is 9.47 Å². The molecular formula is C27H34F2N4O4. The van der Waals surface area contributed by atoms with Gasteiger partial charge < -0.3 is 29.9 Å². The number of fused-ring (bicyclic) bond motifs is 1. The number of hydrogen-bond acceptors (Lipinski definition) is 5. The van der Waals surface area contributed by atoms with Crippen LogP contribution in [0, 0.1) is 11.6 Å². The van der Waals surface area contributed by atoms with Gasteiger partial charge in [-0.05, 0) is 69.6 Å². The number of rotatable bonds is 7. The van der Waals surface area contributed by atoms with E-state index in [1.54, 1.807) is 14.2 Å². The van der Waals surface area contributed by atoms with Crippen molar-refractivity contribution in [1.82, 2.24) is 15.1 Å². The summed E-state index contributed by atoms with van der Waals surface area (Å²) in [6.45, 7) is 0.923. The minimum atomic E-state index is -1.03. The van der Waals surface area contributed by atoms with Crippen LogP contribution in [-0.2, 0) is 10.2 Å². The molecule has 0 bridgehead atoms. The Morgan fingerprint density at radius 2 is 1.81 bits per heavy atom. The van der Waals surface area contributed by atoms with Crippen molar-refractivity contribution in [1.29, 1.82) is 0 Å². The fourth-order valence-electron chi connectivity index (χ4n) is 5.75. The number of urea groups is 1. The molecule has 2 aromatic rings. The lowest BCUT2D eigenvalue weighted by Gasteiger charge is -2.45. The summed E-state index contributed by atoms with van der Waals surface area (Å²) in [5.74, 6) is -0.687. The number of hydrogen-bond donors (Lipinski definition) is 2. The van der Waals surface area contributed by atoms with Crippen molar-refractivity contribution in [3.63, 3.8) is 0 Å². The smallest absolute Gasteiger partial charge is 0.319 e. The van der Waals surface area contributed by atoms with Crippen LogP contribution in [0.4, 0.5) is 19.3 Å². The van der Waals surface area contributed by atoms with E-state index in [1.807, 2.05) is 42.1 Å². The Hall–Kier alpha value is -3.40. The van der Waals surface area contributed by atoms with E-state index < -0.39 is 17.7 Å². The summed E-state index contributed by atoms with van der Waals surface area (Å²) in [5, 5.41) is 5.54. The molecule has 0 spiro atoms. The lowest BCUT2D eigenvalue weighted by Crippen LogP contribution is -2.54. The molecular weight excluding hydrogens is 482 g/mol. The fourth-order valence-corrected chi connectivity index (χ4v) is 5.75. The largest absolute Gasteiger partial charge is 0.493 e. The van der Waals surface area contributed by atoms with Gasteiger partial charge >= 0.3 is 6.03 Å². The van der Waals surface area contributed by atoms with E-state index in [0.29, 0.717) is 37.4 Å². The predicted octanol–water partition coefficient (Wildman–Crippen LogP) is 3.76. The molecule has 2 N–H and O–H groups in total. The lowest BCUT2D eigenvalue weighted by molar-refractivity contribution is -0.133. The summed E-state index contributed by atoms with van der Waals surface area (Å²) in [7, 11) is 6.93. The highest BCUT2D eigenvalue weighted by Gasteiger charge is 2.53. The lowest BCUT2D eigenvalue weighted by atomic mass is 9.65. The standard InChI is InChI=1S/C27H34F2N4O4/c1-32(2)16-25(34)33-12-11-27(17-5-8-22(36-3)23(13-17)37-4)10-9-19(15-24(27)33)31-26(35)30-18-6-7-20(28)21(29)14-18/h5-8,13-14,19,24H,9-12,15-16H2,1-4H3,(H2,30,31,35)/t19-,24+,27+/m1/s1. The quantitative estimate of drug-likeness (QED) is 0.586. The third kappa shape index (κ3) is 5.49. The average molecular weight is 517 g/mol. The zero-order valence-electron chi connectivity index (χ0n) is 21.6. The van der Waals surface area contributed by atoms with E-state index in [9.17, 15) is 18.4 Å². The van der Waals surface area contributed by atoms with Crippen molar-refractivity contribution in [2.24, 2.45) is 0 Å². The van der Waals surface area contributed by atoms with Crippen LogP contribution in [-0.4, -0.2) is 75.2 Å². The number of carbonyl (C=O) groups excluding carboxylic acids is 2. The second kappa shape index (κ2) is 10.9. The van der Waals surface area contributed by atoms with Crippen LogP contribution in [0.5, 0.6) is 11.5 Å². The van der Waals surface area contributed by atoms with Crippen LogP contribution in [0.3, 0.4) is 0 Å². The van der Waals surface area contributed by atoms with E-state index in [0.717, 1.165) is 30.5 Å². The van der Waals surface area contributed by atoms with Gasteiger partial charge in [0, 0.05) is 35.8 Å². The minimum Gasteiger partial charge on any atom is -0.493 e. The van der Waals surface area contributed by atoms with E-state index >= 15 is 0 Å². The Bertz CT molecular complexity index is 1160. The number of methoxy groups -OCH3 is 2. The number of likely N-dealkylation sites (N-methyl/N-ethyl adjacent to an activating group) is 1. The molecule has 8 nitrogen and oxygen atoms in total. The second-order valence-corrected chi connectivity index (χ2v) is 10.0. The molecule has 1 aliphatic heterocycles. The van der Waals surface area contributed by atoms with E-state index in [-0.39, 0.29) is 29.1 Å². The van der Waals surface area contributed by atoms with Crippen LogP contribution in [0.2, 0.25) is 0 Å². The van der Waals surface area contributed by atoms with Crippen LogP contribution < -0.4 is 20.1 Å². The van der Waals surface area contributed by atoms with Crippen molar-refractivity contribution in [2.45, 2.75) is 43.2 Å². The fraction of sp³-hybridized carbons (Fsp3) is 0.481. The molecule has 10 heteroatoms. The molecule has 2 fully saturated rings. The molecule has 0 aromatic heterocycles. The van der Waals surface area contributed by atoms with Gasteiger partial charge in [0.25, 0.3) is 0 Å². The van der Waals surface area contributed by atoms with Gasteiger partial charge in [0.05, 0.1) is 20.8 Å². The highest BCUT2D eigenvalue weighted by Crippen LogP contribution is 2.50. The molecule has 0 unspecified atom stereocenters. The zero-order chi connectivity index (χ0) is 26.7. The first kappa shape index (κ1) is 26.7. The minimum absolute atomic E-state index is 0.0456. The summed E-state index contributed by atoms with van der Waals surface area (Å²) in [5.41, 5.74) is 0.964. The number of halogens is 2. The van der Waals surface area contributed by atoms with Crippen LogP contribution >= 0.6 is 0 Å². The molecule has 1 aliphatic carbocycles. The highest BCUT2D eigenvalue weighted by molar-refractivity contribution is 5.89. The van der Waals surface area contributed by atoms with Crippen LogP contribution in [0.25, 0.3) is 0 Å². The molecule has 2 aliphatic rings. The van der Waals surface area contributed by atoms with Crippen molar-refractivity contribution in [3.8, 4) is 11.5 Å². The van der Waals surface area contributed by atoms with Crippen LogP contribution in [0.1, 0.15) is 31.2 Å². The number of anilines is 1. The maximum absolute atomic E-state index is 13.5. The molecule has 37 heavy (non-hydrogen) atoms. The van der Waals surface area contributed by atoms with Crippen molar-refractivity contribution >= 4 is 17.6 Å². The Morgan fingerprint density at radius 1 is 1.05 bits per heavy atom. The number of nitrogens with one attached hydrogen (secondary N) is 2. The zero-order valence-corrected chi connectivity index (χ0v) is 21.6. The first-order valence-electron chi connectivity index (χ1n) is 12.4. The molecule has 1 saturated heterocycles. The van der Waals surface area contributed by atoms with Gasteiger partial charge in [-0.15, -0.1) is 0 Å². The summed E-state index contributed by atoms with van der Waals surface area (Å²) < 4.78 is 37.8. The number of benzene rings is 2. The molecule has 1 saturated carbocycles. The first-order chi connectivity index (χ1) is 17.7. The topological polar surface area (TPSA) is 83.1 Å². The Labute approximate surface area is 215 Å². The maximum atomic E-state index is 13.5. The molecule has 0 radical (unpaired) electrons. The number of likely N-dealkylation sites (tertiary alicyclic amines) is 1. The van der Waals surface area contributed by atoms with Gasteiger partial charge in [-0.3, -0.25) is 4.79 Å². The third-order valence-electron chi connectivity index (χ3n) is 7.50. The van der Waals surface area contributed by atoms with Gasteiger partial charge in [0.15, 0.2) is 23.1 Å². The molecule has 3 amide bonds. The number of carbonyl (C=O) groups is 2. The second-order valence-electron chi connectivity index (χ2n) is 10.0. The average Bonchev–Trinajstić information content (AvgIpc) is 3.25. The van der Waals surface area contributed by atoms with Gasteiger partial charge in [-0.25, -0.2) is 13.6 Å². The van der Waals surface area contributed by atoms with Gasteiger partial charge in [0.2, 0.25) is 5.91 Å². The number of ether oxygens (including phenoxy) is 2. The number of nitrogens with zero attached hydrogens (tertiary/aromatic N) is 2. The summed E-state index contributed by atoms with van der Waals surface area (Å²) in [4.78, 5) is 29.7. The van der Waals surface area contributed by atoms with Gasteiger partial charge in [-0.2, -0.15) is 0 Å². The Kier molecular flexibility index (Phi) is 7.87. The van der Waals surface area contributed by atoms with Crippen molar-refractivity contribution in [3.05, 3.63) is 53.6 Å². The van der Waals surface area contributed by atoms with Gasteiger partial charge in [0.1, 0.15) is 0 Å².